The van der Waals surface area contributed by atoms with Gasteiger partial charge in [0.15, 0.2) is 0 Å². The number of benzene rings is 1. The van der Waals surface area contributed by atoms with Gasteiger partial charge >= 0.3 is 0 Å². The Morgan fingerprint density at radius 2 is 1.89 bits per heavy atom. The molecule has 1 aliphatic rings. The van der Waals surface area contributed by atoms with Crippen LogP contribution in [0.15, 0.2) is 42.7 Å². The number of nitrogens with one attached hydrogen (secondary N) is 1. The minimum absolute atomic E-state index is 0.634. The van der Waals surface area contributed by atoms with Crippen molar-refractivity contribution in [3.8, 4) is 0 Å². The summed E-state index contributed by atoms with van der Waals surface area (Å²) in [6, 6.07) is 11.1. The lowest BCUT2D eigenvalue weighted by molar-refractivity contribution is 0.356. The summed E-state index contributed by atoms with van der Waals surface area (Å²) < 4.78 is 2.32. The third-order valence-corrected chi connectivity index (χ3v) is 3.93. The number of aromatic nitrogens is 2. The first-order valence-electron chi connectivity index (χ1n) is 7.24. The molecule has 1 heterocycles. The van der Waals surface area contributed by atoms with Gasteiger partial charge in [0, 0.05) is 25.0 Å². The second-order valence-electron chi connectivity index (χ2n) is 5.29. The number of imidazole rings is 1. The number of hydrogen-bond donors (Lipinski definition) is 1. The minimum atomic E-state index is 0.634. The lowest BCUT2D eigenvalue weighted by Crippen LogP contribution is -2.15. The smallest absolute Gasteiger partial charge is 0.203 e. The van der Waals surface area contributed by atoms with Crippen LogP contribution in [-0.4, -0.2) is 9.55 Å². The highest BCUT2D eigenvalue weighted by Gasteiger charge is 2.17. The Morgan fingerprint density at radius 3 is 2.68 bits per heavy atom. The van der Waals surface area contributed by atoms with Gasteiger partial charge in [-0.05, 0) is 18.4 Å². The molecular weight excluding hydrogens is 234 g/mol. The standard InChI is InChI=1S/C16H21N3/c1-3-7-14(8-4-1)13-18-16-17-11-12-19(16)15-9-5-2-6-10-15/h1,3-4,7-8,11-12,15H,2,5-6,9-10,13H2,(H,17,18). The molecule has 0 amide bonds. The van der Waals surface area contributed by atoms with Crippen molar-refractivity contribution in [2.24, 2.45) is 0 Å². The molecule has 19 heavy (non-hydrogen) atoms. The Balaban J connectivity index is 1.66. The molecule has 3 nitrogen and oxygen atoms in total. The van der Waals surface area contributed by atoms with Gasteiger partial charge < -0.3 is 9.88 Å². The fourth-order valence-corrected chi connectivity index (χ4v) is 2.88. The van der Waals surface area contributed by atoms with Crippen molar-refractivity contribution in [2.45, 2.75) is 44.7 Å². The van der Waals surface area contributed by atoms with Crippen molar-refractivity contribution in [1.82, 2.24) is 9.55 Å². The van der Waals surface area contributed by atoms with E-state index >= 15 is 0 Å². The fraction of sp³-hybridized carbons (Fsp3) is 0.438. The molecule has 1 aromatic heterocycles. The van der Waals surface area contributed by atoms with Gasteiger partial charge in [-0.15, -0.1) is 0 Å². The van der Waals surface area contributed by atoms with Gasteiger partial charge in [0.1, 0.15) is 0 Å². The molecule has 3 rings (SSSR count). The first-order chi connectivity index (χ1) is 9.43. The molecule has 0 atom stereocenters. The number of rotatable bonds is 4. The maximum atomic E-state index is 4.46. The molecule has 0 aliphatic heterocycles. The summed E-state index contributed by atoms with van der Waals surface area (Å²) in [5.41, 5.74) is 1.29. The molecule has 1 N–H and O–H groups in total. The van der Waals surface area contributed by atoms with Gasteiger partial charge in [0.05, 0.1) is 0 Å². The molecule has 1 saturated carbocycles. The van der Waals surface area contributed by atoms with E-state index in [1.807, 2.05) is 12.3 Å². The normalized spacial score (nSPS) is 16.4. The zero-order chi connectivity index (χ0) is 12.9. The number of nitrogens with zero attached hydrogens (tertiary/aromatic N) is 2. The van der Waals surface area contributed by atoms with Crippen LogP contribution in [0.2, 0.25) is 0 Å². The predicted molar refractivity (Wildman–Crippen MR) is 78.1 cm³/mol. The van der Waals surface area contributed by atoms with E-state index in [0.29, 0.717) is 6.04 Å². The van der Waals surface area contributed by atoms with Crippen molar-refractivity contribution in [2.75, 3.05) is 5.32 Å². The third kappa shape index (κ3) is 2.98. The van der Waals surface area contributed by atoms with E-state index in [2.05, 4.69) is 45.3 Å². The van der Waals surface area contributed by atoms with Crippen LogP contribution in [0.4, 0.5) is 5.95 Å². The van der Waals surface area contributed by atoms with Gasteiger partial charge in [-0.1, -0.05) is 49.6 Å². The van der Waals surface area contributed by atoms with Crippen molar-refractivity contribution in [3.63, 3.8) is 0 Å². The minimum Gasteiger partial charge on any atom is -0.352 e. The number of hydrogen-bond acceptors (Lipinski definition) is 2. The van der Waals surface area contributed by atoms with Crippen LogP contribution in [0.1, 0.15) is 43.7 Å². The Morgan fingerprint density at radius 1 is 1.11 bits per heavy atom. The average molecular weight is 255 g/mol. The summed E-state index contributed by atoms with van der Waals surface area (Å²) in [4.78, 5) is 4.46. The topological polar surface area (TPSA) is 29.9 Å². The van der Waals surface area contributed by atoms with Gasteiger partial charge in [-0.25, -0.2) is 4.98 Å². The largest absolute Gasteiger partial charge is 0.352 e. The van der Waals surface area contributed by atoms with Crippen LogP contribution in [0.25, 0.3) is 0 Å². The molecular formula is C16H21N3. The van der Waals surface area contributed by atoms with E-state index in [-0.39, 0.29) is 0 Å². The summed E-state index contributed by atoms with van der Waals surface area (Å²) in [6.45, 7) is 0.838. The highest BCUT2D eigenvalue weighted by atomic mass is 15.2. The predicted octanol–water partition coefficient (Wildman–Crippen LogP) is 4.00. The molecule has 100 valence electrons. The summed E-state index contributed by atoms with van der Waals surface area (Å²) >= 11 is 0. The third-order valence-electron chi connectivity index (χ3n) is 3.93. The first-order valence-corrected chi connectivity index (χ1v) is 7.24. The van der Waals surface area contributed by atoms with E-state index in [0.717, 1.165) is 12.5 Å². The summed E-state index contributed by atoms with van der Waals surface area (Å²) in [5.74, 6) is 1.01. The van der Waals surface area contributed by atoms with Crippen LogP contribution in [0, 0.1) is 0 Å². The number of anilines is 1. The zero-order valence-corrected chi connectivity index (χ0v) is 11.3. The van der Waals surface area contributed by atoms with Gasteiger partial charge in [0.25, 0.3) is 0 Å². The average Bonchev–Trinajstić information content (AvgIpc) is 2.95. The molecule has 1 fully saturated rings. The van der Waals surface area contributed by atoms with Crippen LogP contribution < -0.4 is 5.32 Å². The Labute approximate surface area is 114 Å². The Hall–Kier alpha value is -1.77. The van der Waals surface area contributed by atoms with Gasteiger partial charge in [-0.2, -0.15) is 0 Å². The summed E-state index contributed by atoms with van der Waals surface area (Å²) in [7, 11) is 0. The monoisotopic (exact) mass is 255 g/mol. The summed E-state index contributed by atoms with van der Waals surface area (Å²) in [5, 5.41) is 3.46. The highest BCUT2D eigenvalue weighted by molar-refractivity contribution is 5.29. The molecule has 1 aliphatic carbocycles. The van der Waals surface area contributed by atoms with Gasteiger partial charge in [0.2, 0.25) is 5.95 Å². The van der Waals surface area contributed by atoms with Crippen LogP contribution in [0.5, 0.6) is 0 Å². The highest BCUT2D eigenvalue weighted by Crippen LogP contribution is 2.30. The van der Waals surface area contributed by atoms with Crippen LogP contribution in [-0.2, 0) is 6.54 Å². The fourth-order valence-electron chi connectivity index (χ4n) is 2.88. The molecule has 0 unspecified atom stereocenters. The quantitative estimate of drug-likeness (QED) is 0.895. The lowest BCUT2D eigenvalue weighted by Gasteiger charge is -2.24. The van der Waals surface area contributed by atoms with Crippen molar-refractivity contribution in [1.29, 1.82) is 0 Å². The van der Waals surface area contributed by atoms with E-state index in [4.69, 9.17) is 0 Å². The van der Waals surface area contributed by atoms with E-state index in [1.165, 1.54) is 37.7 Å². The zero-order valence-electron chi connectivity index (χ0n) is 11.3. The molecule has 0 radical (unpaired) electrons. The molecule has 0 saturated heterocycles. The maximum Gasteiger partial charge on any atom is 0.203 e. The first kappa shape index (κ1) is 12.3. The summed E-state index contributed by atoms with van der Waals surface area (Å²) in [6.07, 6.45) is 10.7. The van der Waals surface area contributed by atoms with Crippen LogP contribution >= 0.6 is 0 Å². The van der Waals surface area contributed by atoms with Gasteiger partial charge in [-0.3, -0.25) is 0 Å². The molecule has 3 heteroatoms. The van der Waals surface area contributed by atoms with Crippen LogP contribution in [0.3, 0.4) is 0 Å². The van der Waals surface area contributed by atoms with Crippen molar-refractivity contribution in [3.05, 3.63) is 48.3 Å². The second kappa shape index (κ2) is 5.91. The molecule has 0 bridgehead atoms. The molecule has 2 aromatic rings. The van der Waals surface area contributed by atoms with Crippen molar-refractivity contribution >= 4 is 5.95 Å². The van der Waals surface area contributed by atoms with E-state index < -0.39 is 0 Å². The SMILES string of the molecule is c1ccc(CNc2nccn2C2CCCCC2)cc1. The maximum absolute atomic E-state index is 4.46. The van der Waals surface area contributed by atoms with Crippen molar-refractivity contribution < 1.29 is 0 Å². The Kier molecular flexibility index (Phi) is 3.82. The second-order valence-corrected chi connectivity index (χ2v) is 5.29. The Bertz CT molecular complexity index is 498. The molecule has 1 aromatic carbocycles. The molecule has 0 spiro atoms. The van der Waals surface area contributed by atoms with E-state index in [1.54, 1.807) is 0 Å². The van der Waals surface area contributed by atoms with E-state index in [9.17, 15) is 0 Å². The lowest BCUT2D eigenvalue weighted by atomic mass is 9.95.